The number of nitrogens with zero attached hydrogens (tertiary/aromatic N) is 3. The Labute approximate surface area is 127 Å². The minimum atomic E-state index is -3.94. The number of hydrogen-bond acceptors (Lipinski definition) is 5. The van der Waals surface area contributed by atoms with Crippen LogP contribution in [0.15, 0.2) is 11.2 Å². The van der Waals surface area contributed by atoms with Gasteiger partial charge in [0.2, 0.25) is 0 Å². The third-order valence-corrected chi connectivity index (χ3v) is 5.17. The Morgan fingerprint density at radius 3 is 2.25 bits per heavy atom. The lowest BCUT2D eigenvalue weighted by Gasteiger charge is -2.23. The van der Waals surface area contributed by atoms with E-state index in [4.69, 9.17) is 10.7 Å². The lowest BCUT2D eigenvalue weighted by molar-refractivity contribution is 0.367. The Morgan fingerprint density at radius 2 is 1.85 bits per heavy atom. The van der Waals surface area contributed by atoms with Crippen molar-refractivity contribution in [2.75, 3.05) is 0 Å². The highest BCUT2D eigenvalue weighted by Gasteiger charge is 2.30. The maximum atomic E-state index is 11.7. The molecule has 8 heteroatoms. The van der Waals surface area contributed by atoms with Crippen molar-refractivity contribution >= 4 is 31.1 Å². The van der Waals surface area contributed by atoms with Crippen LogP contribution in [0.3, 0.4) is 0 Å². The molecule has 0 saturated heterocycles. The zero-order chi connectivity index (χ0) is 15.3. The van der Waals surface area contributed by atoms with Gasteiger partial charge in [0, 0.05) is 21.1 Å². The van der Waals surface area contributed by atoms with Gasteiger partial charge >= 0.3 is 0 Å². The Bertz CT molecular complexity index is 735. The van der Waals surface area contributed by atoms with Crippen LogP contribution in [0.1, 0.15) is 31.2 Å². The van der Waals surface area contributed by atoms with E-state index in [1.54, 1.807) is 15.9 Å². The average molecular weight is 334 g/mol. The lowest BCUT2D eigenvalue weighted by Crippen LogP contribution is -2.25. The van der Waals surface area contributed by atoms with Crippen LogP contribution in [-0.4, -0.2) is 23.2 Å². The highest BCUT2D eigenvalue weighted by atomic mass is 35.7. The molecule has 0 aromatic carbocycles. The second-order valence-electron chi connectivity index (χ2n) is 5.60. The SMILES string of the molecule is Cc1cc(-c2nnc(S(=O)(=O)Cl)n2C(C)(C)C)sc1C. The minimum Gasteiger partial charge on any atom is -0.291 e. The first-order valence-corrected chi connectivity index (χ1v) is 9.12. The van der Waals surface area contributed by atoms with Crippen molar-refractivity contribution < 1.29 is 8.42 Å². The largest absolute Gasteiger partial charge is 0.296 e. The van der Waals surface area contributed by atoms with Crippen LogP contribution in [0.25, 0.3) is 10.7 Å². The molecule has 0 spiro atoms. The summed E-state index contributed by atoms with van der Waals surface area (Å²) in [4.78, 5) is 2.05. The molecule has 0 amide bonds. The monoisotopic (exact) mass is 333 g/mol. The molecule has 0 saturated carbocycles. The van der Waals surface area contributed by atoms with Crippen molar-refractivity contribution in [1.82, 2.24) is 14.8 Å². The van der Waals surface area contributed by atoms with E-state index in [9.17, 15) is 8.42 Å². The first-order chi connectivity index (χ1) is 9.01. The van der Waals surface area contributed by atoms with E-state index >= 15 is 0 Å². The summed E-state index contributed by atoms with van der Waals surface area (Å²) in [6.07, 6.45) is 0. The summed E-state index contributed by atoms with van der Waals surface area (Å²) in [5, 5.41) is 7.59. The summed E-state index contributed by atoms with van der Waals surface area (Å²) in [6.45, 7) is 9.68. The van der Waals surface area contributed by atoms with Gasteiger partial charge in [-0.1, -0.05) is 0 Å². The van der Waals surface area contributed by atoms with E-state index in [-0.39, 0.29) is 5.16 Å². The summed E-state index contributed by atoms with van der Waals surface area (Å²) < 4.78 is 24.9. The van der Waals surface area contributed by atoms with E-state index in [1.807, 2.05) is 40.7 Å². The van der Waals surface area contributed by atoms with E-state index in [1.165, 1.54) is 4.88 Å². The standard InChI is InChI=1S/C12H16ClN3O2S2/c1-7-6-9(19-8(7)2)10-14-15-11(20(13,17)18)16(10)12(3,4)5/h6H,1-5H3. The quantitative estimate of drug-likeness (QED) is 0.791. The number of rotatable bonds is 2. The number of hydrogen-bond donors (Lipinski definition) is 0. The predicted molar refractivity (Wildman–Crippen MR) is 80.8 cm³/mol. The fourth-order valence-corrected chi connectivity index (χ4v) is 3.90. The first-order valence-electron chi connectivity index (χ1n) is 6.00. The normalized spacial score (nSPS) is 12.9. The molecule has 20 heavy (non-hydrogen) atoms. The number of halogens is 1. The van der Waals surface area contributed by atoms with Gasteiger partial charge in [0.15, 0.2) is 5.82 Å². The van der Waals surface area contributed by atoms with Crippen molar-refractivity contribution in [2.24, 2.45) is 0 Å². The molecule has 2 heterocycles. The Kier molecular flexibility index (Phi) is 3.73. The molecule has 0 unspecified atom stereocenters. The van der Waals surface area contributed by atoms with Crippen molar-refractivity contribution in [3.63, 3.8) is 0 Å². The molecule has 0 fully saturated rings. The Balaban J connectivity index is 2.76. The molecule has 0 aliphatic carbocycles. The molecule has 2 rings (SSSR count). The van der Waals surface area contributed by atoms with Crippen LogP contribution in [0.5, 0.6) is 0 Å². The molecule has 2 aromatic heterocycles. The maximum Gasteiger partial charge on any atom is 0.296 e. The smallest absolute Gasteiger partial charge is 0.291 e. The van der Waals surface area contributed by atoms with Gasteiger partial charge in [-0.15, -0.1) is 21.5 Å². The molecule has 110 valence electrons. The second-order valence-corrected chi connectivity index (χ2v) is 9.32. The molecule has 0 bridgehead atoms. The summed E-state index contributed by atoms with van der Waals surface area (Å²) in [6, 6.07) is 1.98. The lowest BCUT2D eigenvalue weighted by atomic mass is 10.1. The zero-order valence-electron chi connectivity index (χ0n) is 11.9. The Hall–Kier alpha value is -0.920. The van der Waals surface area contributed by atoms with Gasteiger partial charge in [0.1, 0.15) is 0 Å². The fraction of sp³-hybridized carbons (Fsp3) is 0.500. The highest BCUT2D eigenvalue weighted by Crippen LogP contribution is 2.34. The van der Waals surface area contributed by atoms with Gasteiger partial charge < -0.3 is 0 Å². The topological polar surface area (TPSA) is 64.8 Å². The van der Waals surface area contributed by atoms with Gasteiger partial charge in [0.05, 0.1) is 4.88 Å². The summed E-state index contributed by atoms with van der Waals surface area (Å²) >= 11 is 1.56. The zero-order valence-corrected chi connectivity index (χ0v) is 14.3. The van der Waals surface area contributed by atoms with Gasteiger partial charge in [-0.25, -0.2) is 8.42 Å². The summed E-state index contributed by atoms with van der Waals surface area (Å²) in [5.41, 5.74) is 0.644. The molecule has 0 radical (unpaired) electrons. The van der Waals surface area contributed by atoms with Crippen LogP contribution >= 0.6 is 22.0 Å². The van der Waals surface area contributed by atoms with E-state index in [0.717, 1.165) is 10.4 Å². The Morgan fingerprint density at radius 1 is 1.25 bits per heavy atom. The summed E-state index contributed by atoms with van der Waals surface area (Å²) in [7, 11) is 1.52. The van der Waals surface area contributed by atoms with Crippen LogP contribution in [0.4, 0.5) is 0 Å². The van der Waals surface area contributed by atoms with Gasteiger partial charge in [-0.3, -0.25) is 4.57 Å². The predicted octanol–water partition coefficient (Wildman–Crippen LogP) is 3.31. The van der Waals surface area contributed by atoms with E-state index < -0.39 is 14.6 Å². The molecule has 0 N–H and O–H groups in total. The van der Waals surface area contributed by atoms with Gasteiger partial charge in [-0.2, -0.15) is 0 Å². The van der Waals surface area contributed by atoms with Crippen molar-refractivity contribution in [3.8, 4) is 10.7 Å². The van der Waals surface area contributed by atoms with Crippen LogP contribution in [-0.2, 0) is 14.6 Å². The van der Waals surface area contributed by atoms with E-state index in [2.05, 4.69) is 10.2 Å². The number of aryl methyl sites for hydroxylation is 2. The number of thiophene rings is 1. The third kappa shape index (κ3) is 2.75. The average Bonchev–Trinajstić information content (AvgIpc) is 2.81. The molecule has 0 aliphatic heterocycles. The fourth-order valence-electron chi connectivity index (χ4n) is 1.88. The molecule has 5 nitrogen and oxygen atoms in total. The van der Waals surface area contributed by atoms with Crippen molar-refractivity contribution in [3.05, 3.63) is 16.5 Å². The third-order valence-electron chi connectivity index (χ3n) is 2.91. The second kappa shape index (κ2) is 4.82. The molecular weight excluding hydrogens is 318 g/mol. The van der Waals surface area contributed by atoms with Gasteiger partial charge in [-0.05, 0) is 46.2 Å². The van der Waals surface area contributed by atoms with E-state index in [0.29, 0.717) is 5.82 Å². The maximum absolute atomic E-state index is 11.7. The number of aromatic nitrogens is 3. The first kappa shape index (κ1) is 15.5. The van der Waals surface area contributed by atoms with Crippen LogP contribution < -0.4 is 0 Å². The molecule has 2 aromatic rings. The molecule has 0 atom stereocenters. The highest BCUT2D eigenvalue weighted by molar-refractivity contribution is 8.13. The summed E-state index contributed by atoms with van der Waals surface area (Å²) in [5.74, 6) is 0.526. The van der Waals surface area contributed by atoms with Crippen LogP contribution in [0.2, 0.25) is 0 Å². The van der Waals surface area contributed by atoms with Crippen LogP contribution in [0, 0.1) is 13.8 Å². The minimum absolute atomic E-state index is 0.217. The van der Waals surface area contributed by atoms with Gasteiger partial charge in [0.25, 0.3) is 14.2 Å². The van der Waals surface area contributed by atoms with Crippen molar-refractivity contribution in [1.29, 1.82) is 0 Å². The van der Waals surface area contributed by atoms with Crippen molar-refractivity contribution in [2.45, 2.75) is 45.3 Å². The molecule has 0 aliphatic rings. The molecular formula is C12H16ClN3O2S2.